The second kappa shape index (κ2) is 11.7. The quantitative estimate of drug-likeness (QED) is 0.181. The summed E-state index contributed by atoms with van der Waals surface area (Å²) in [5.74, 6) is 2.33. The molecule has 0 saturated carbocycles. The summed E-state index contributed by atoms with van der Waals surface area (Å²) in [5.41, 5.74) is 5.32. The van der Waals surface area contributed by atoms with Gasteiger partial charge in [-0.05, 0) is 85.7 Å². The van der Waals surface area contributed by atoms with Crippen LogP contribution in [0.15, 0.2) is 69.9 Å². The molecule has 0 atom stereocenters. The van der Waals surface area contributed by atoms with Gasteiger partial charge in [-0.25, -0.2) is 4.79 Å². The summed E-state index contributed by atoms with van der Waals surface area (Å²) in [6.45, 7) is 5.68. The zero-order valence-electron chi connectivity index (χ0n) is 22.4. The zero-order chi connectivity index (χ0) is 26.5. The first kappa shape index (κ1) is 25.9. The maximum absolute atomic E-state index is 12.7. The summed E-state index contributed by atoms with van der Waals surface area (Å²) in [6, 6.07) is 19.6. The maximum Gasteiger partial charge on any atom is 0.344 e. The fraction of sp³-hybridized carbons (Fsp3) is 0.344. The number of methoxy groups -OCH3 is 2. The molecular weight excluding hydrogens is 478 g/mol. The van der Waals surface area contributed by atoms with Crippen LogP contribution in [-0.2, 0) is 13.0 Å². The highest BCUT2D eigenvalue weighted by Gasteiger charge is 2.19. The Morgan fingerprint density at radius 1 is 0.895 bits per heavy atom. The second-order valence-electron chi connectivity index (χ2n) is 9.82. The van der Waals surface area contributed by atoms with Crippen LogP contribution in [0.25, 0.3) is 22.1 Å². The van der Waals surface area contributed by atoms with Crippen molar-refractivity contribution in [1.82, 2.24) is 4.90 Å². The lowest BCUT2D eigenvalue weighted by molar-refractivity contribution is 0.241. The van der Waals surface area contributed by atoms with E-state index >= 15 is 0 Å². The maximum atomic E-state index is 12.7. The van der Waals surface area contributed by atoms with Gasteiger partial charge in [-0.1, -0.05) is 30.3 Å². The third kappa shape index (κ3) is 5.55. The smallest absolute Gasteiger partial charge is 0.344 e. The Morgan fingerprint density at radius 2 is 1.66 bits per heavy atom. The van der Waals surface area contributed by atoms with Crippen LogP contribution in [0, 0.1) is 6.92 Å². The Labute approximate surface area is 223 Å². The lowest BCUT2D eigenvalue weighted by Gasteiger charge is -2.29. The number of unbranched alkanes of at least 4 members (excludes halogenated alkanes) is 2. The highest BCUT2D eigenvalue weighted by molar-refractivity contribution is 5.87. The van der Waals surface area contributed by atoms with E-state index in [2.05, 4.69) is 17.0 Å². The molecule has 1 aliphatic rings. The largest absolute Gasteiger partial charge is 0.493 e. The molecule has 2 heterocycles. The van der Waals surface area contributed by atoms with Crippen molar-refractivity contribution in [3.8, 4) is 28.4 Å². The van der Waals surface area contributed by atoms with E-state index < -0.39 is 0 Å². The van der Waals surface area contributed by atoms with Crippen molar-refractivity contribution in [2.45, 2.75) is 39.2 Å². The summed E-state index contributed by atoms with van der Waals surface area (Å²) in [7, 11) is 3.37. The van der Waals surface area contributed by atoms with E-state index in [1.165, 1.54) is 11.1 Å². The number of ether oxygens (including phenoxy) is 3. The highest BCUT2D eigenvalue weighted by atomic mass is 16.5. The number of fused-ring (bicyclic) bond motifs is 2. The first-order chi connectivity index (χ1) is 18.6. The molecule has 0 unspecified atom stereocenters. The topological polar surface area (TPSA) is 61.1 Å². The molecular formula is C32H35NO5. The fourth-order valence-corrected chi connectivity index (χ4v) is 5.30. The van der Waals surface area contributed by atoms with Crippen molar-refractivity contribution in [3.05, 3.63) is 87.8 Å². The van der Waals surface area contributed by atoms with Crippen LogP contribution in [0.4, 0.5) is 0 Å². The minimum absolute atomic E-state index is 0.323. The van der Waals surface area contributed by atoms with Crippen LogP contribution in [-0.4, -0.2) is 38.8 Å². The molecule has 0 aliphatic carbocycles. The summed E-state index contributed by atoms with van der Waals surface area (Å²) in [6.07, 6.45) is 4.23. The molecule has 0 radical (unpaired) electrons. The molecule has 3 aromatic carbocycles. The monoisotopic (exact) mass is 513 g/mol. The van der Waals surface area contributed by atoms with Gasteiger partial charge in [0.05, 0.1) is 26.4 Å². The molecule has 6 heteroatoms. The van der Waals surface area contributed by atoms with Gasteiger partial charge in [-0.2, -0.15) is 0 Å². The third-order valence-electron chi connectivity index (χ3n) is 7.39. The van der Waals surface area contributed by atoms with Crippen molar-refractivity contribution in [1.29, 1.82) is 0 Å². The molecule has 0 amide bonds. The van der Waals surface area contributed by atoms with E-state index in [-0.39, 0.29) is 5.63 Å². The van der Waals surface area contributed by atoms with Crippen LogP contribution >= 0.6 is 0 Å². The van der Waals surface area contributed by atoms with E-state index in [0.29, 0.717) is 17.8 Å². The van der Waals surface area contributed by atoms with Gasteiger partial charge in [-0.3, -0.25) is 4.90 Å². The third-order valence-corrected chi connectivity index (χ3v) is 7.39. The molecule has 1 aliphatic heterocycles. The molecule has 0 N–H and O–H groups in total. The lowest BCUT2D eigenvalue weighted by atomic mass is 9.98. The van der Waals surface area contributed by atoms with Crippen LogP contribution in [0.2, 0.25) is 0 Å². The van der Waals surface area contributed by atoms with Crippen molar-refractivity contribution in [2.75, 3.05) is 33.9 Å². The van der Waals surface area contributed by atoms with Crippen LogP contribution in [0.5, 0.6) is 17.2 Å². The normalized spacial score (nSPS) is 13.3. The van der Waals surface area contributed by atoms with Gasteiger partial charge in [0.15, 0.2) is 11.5 Å². The molecule has 0 saturated heterocycles. The molecule has 38 heavy (non-hydrogen) atoms. The summed E-state index contributed by atoms with van der Waals surface area (Å²) < 4.78 is 22.6. The van der Waals surface area contributed by atoms with Crippen molar-refractivity contribution in [3.63, 3.8) is 0 Å². The van der Waals surface area contributed by atoms with Crippen molar-refractivity contribution in [2.24, 2.45) is 0 Å². The number of hydrogen-bond donors (Lipinski definition) is 0. The number of rotatable bonds is 10. The minimum Gasteiger partial charge on any atom is -0.493 e. The average Bonchev–Trinajstić information content (AvgIpc) is 2.94. The van der Waals surface area contributed by atoms with E-state index in [1.54, 1.807) is 14.2 Å². The number of hydrogen-bond acceptors (Lipinski definition) is 6. The number of benzene rings is 3. The number of aryl methyl sites for hydroxylation is 1. The summed E-state index contributed by atoms with van der Waals surface area (Å²) in [5, 5.41) is 0.926. The fourth-order valence-electron chi connectivity index (χ4n) is 5.30. The van der Waals surface area contributed by atoms with Gasteiger partial charge >= 0.3 is 5.63 Å². The molecule has 4 aromatic rings. The lowest BCUT2D eigenvalue weighted by Crippen LogP contribution is -2.31. The molecule has 0 fully saturated rings. The van der Waals surface area contributed by atoms with Crippen LogP contribution in [0.3, 0.4) is 0 Å². The predicted octanol–water partition coefficient (Wildman–Crippen LogP) is 6.39. The SMILES string of the molecule is COc1cc2c(cc1OC)CN(CCCCCOc1ccc3c(C)c(-c4ccccc4)c(=O)oc3c1)CC2. The average molecular weight is 514 g/mol. The Balaban J connectivity index is 1.11. The van der Waals surface area contributed by atoms with Gasteiger partial charge in [0, 0.05) is 24.5 Å². The van der Waals surface area contributed by atoms with Crippen molar-refractivity contribution >= 4 is 11.0 Å². The van der Waals surface area contributed by atoms with Crippen LogP contribution in [0.1, 0.15) is 36.0 Å². The molecule has 198 valence electrons. The first-order valence-corrected chi connectivity index (χ1v) is 13.3. The number of nitrogens with zero attached hydrogens (tertiary/aromatic N) is 1. The van der Waals surface area contributed by atoms with E-state index in [1.807, 2.05) is 55.5 Å². The van der Waals surface area contributed by atoms with E-state index in [4.69, 9.17) is 18.6 Å². The zero-order valence-corrected chi connectivity index (χ0v) is 22.4. The van der Waals surface area contributed by atoms with Gasteiger partial charge < -0.3 is 18.6 Å². The van der Waals surface area contributed by atoms with Gasteiger partial charge in [0.25, 0.3) is 0 Å². The van der Waals surface area contributed by atoms with E-state index in [9.17, 15) is 4.79 Å². The minimum atomic E-state index is -0.323. The van der Waals surface area contributed by atoms with Crippen molar-refractivity contribution < 1.29 is 18.6 Å². The predicted molar refractivity (Wildman–Crippen MR) is 151 cm³/mol. The van der Waals surface area contributed by atoms with Gasteiger partial charge in [-0.15, -0.1) is 0 Å². The molecule has 0 bridgehead atoms. The molecule has 6 nitrogen and oxygen atoms in total. The van der Waals surface area contributed by atoms with Gasteiger partial charge in [0.2, 0.25) is 0 Å². The Bertz CT molecular complexity index is 1460. The second-order valence-corrected chi connectivity index (χ2v) is 9.82. The van der Waals surface area contributed by atoms with Crippen LogP contribution < -0.4 is 19.8 Å². The Hall–Kier alpha value is -3.77. The Kier molecular flexibility index (Phi) is 7.99. The standard InChI is InChI=1S/C32H35NO5/c1-22-27-13-12-26(20-28(27)38-32(34)31(22)23-10-6-4-7-11-23)37-17-9-5-8-15-33-16-14-24-18-29(35-2)30(36-3)19-25(24)21-33/h4,6-7,10-13,18-20H,5,8-9,14-17,21H2,1-3H3. The summed E-state index contributed by atoms with van der Waals surface area (Å²) in [4.78, 5) is 15.2. The van der Waals surface area contributed by atoms with Gasteiger partial charge in [0.1, 0.15) is 11.3 Å². The molecule has 5 rings (SSSR count). The first-order valence-electron chi connectivity index (χ1n) is 13.3. The van der Waals surface area contributed by atoms with E-state index in [0.717, 1.165) is 79.1 Å². The Morgan fingerprint density at radius 3 is 2.42 bits per heavy atom. The highest BCUT2D eigenvalue weighted by Crippen LogP contribution is 2.33. The molecule has 1 aromatic heterocycles. The summed E-state index contributed by atoms with van der Waals surface area (Å²) >= 11 is 0. The molecule has 0 spiro atoms.